The fourth-order valence-electron chi connectivity index (χ4n) is 4.94. The summed E-state index contributed by atoms with van der Waals surface area (Å²) in [5.41, 5.74) is 1.53. The Hall–Kier alpha value is -2.57. The average Bonchev–Trinajstić information content (AvgIpc) is 2.77. The highest BCUT2D eigenvalue weighted by atomic mass is 28.3. The molecule has 0 radical (unpaired) electrons. The first-order valence-electron chi connectivity index (χ1n) is 13.0. The maximum atomic E-state index is 12.1. The quantitative estimate of drug-likeness (QED) is 0.269. The lowest BCUT2D eigenvalue weighted by molar-refractivity contribution is 0.473. The van der Waals surface area contributed by atoms with Crippen LogP contribution in [0.3, 0.4) is 0 Å². The topological polar surface area (TPSA) is 40.5 Å². The second kappa shape index (κ2) is 8.49. The Balaban J connectivity index is 2.25. The van der Waals surface area contributed by atoms with Gasteiger partial charge in [-0.25, -0.2) is 0 Å². The minimum atomic E-state index is -2.10. The van der Waals surface area contributed by atoms with Crippen LogP contribution < -0.4 is 10.4 Å². The van der Waals surface area contributed by atoms with Crippen LogP contribution in [0.5, 0.6) is 11.5 Å². The predicted molar refractivity (Wildman–Crippen MR) is 164 cm³/mol. The van der Waals surface area contributed by atoms with Gasteiger partial charge in [-0.1, -0.05) is 128 Å². The minimum Gasteiger partial charge on any atom is -0.507 e. The molecular formula is C32H42O2Si2. The lowest BCUT2D eigenvalue weighted by Gasteiger charge is -2.39. The van der Waals surface area contributed by atoms with Crippen LogP contribution in [-0.4, -0.2) is 26.4 Å². The van der Waals surface area contributed by atoms with Crippen molar-refractivity contribution in [2.45, 2.75) is 77.8 Å². The van der Waals surface area contributed by atoms with Gasteiger partial charge in [0, 0.05) is 11.1 Å². The van der Waals surface area contributed by atoms with Gasteiger partial charge in [-0.3, -0.25) is 0 Å². The van der Waals surface area contributed by atoms with Gasteiger partial charge in [0.05, 0.1) is 16.1 Å². The molecule has 0 unspecified atom stereocenters. The van der Waals surface area contributed by atoms with E-state index in [1.165, 1.54) is 0 Å². The van der Waals surface area contributed by atoms with E-state index in [1.807, 2.05) is 12.1 Å². The van der Waals surface area contributed by atoms with E-state index >= 15 is 0 Å². The van der Waals surface area contributed by atoms with Gasteiger partial charge in [-0.2, -0.15) is 0 Å². The highest BCUT2D eigenvalue weighted by Crippen LogP contribution is 2.48. The number of phenols is 2. The van der Waals surface area contributed by atoms with Crippen LogP contribution in [0.25, 0.3) is 32.7 Å². The third-order valence-electron chi connectivity index (χ3n) is 9.39. The molecule has 2 N–H and O–H groups in total. The first kappa shape index (κ1) is 26.5. The number of phenolic OH excluding ortho intramolecular Hbond substituents is 2. The third-order valence-corrected chi connectivity index (χ3v) is 20.3. The van der Waals surface area contributed by atoms with Crippen molar-refractivity contribution in [3.05, 3.63) is 60.7 Å². The molecule has 36 heavy (non-hydrogen) atoms. The summed E-state index contributed by atoms with van der Waals surface area (Å²) in [5, 5.41) is 30.6. The molecule has 0 aliphatic carbocycles. The fourth-order valence-corrected chi connectivity index (χ4v) is 9.02. The van der Waals surface area contributed by atoms with Crippen molar-refractivity contribution < 1.29 is 10.2 Å². The van der Waals surface area contributed by atoms with Crippen molar-refractivity contribution in [1.82, 2.24) is 0 Å². The lowest BCUT2D eigenvalue weighted by atomic mass is 9.92. The summed E-state index contributed by atoms with van der Waals surface area (Å²) in [6.45, 7) is 23.0. The van der Waals surface area contributed by atoms with Crippen molar-refractivity contribution in [1.29, 1.82) is 0 Å². The molecule has 4 aromatic rings. The summed E-state index contributed by atoms with van der Waals surface area (Å²) >= 11 is 0. The van der Waals surface area contributed by atoms with Crippen molar-refractivity contribution >= 4 is 48.1 Å². The van der Waals surface area contributed by atoms with Crippen molar-refractivity contribution in [2.75, 3.05) is 0 Å². The molecule has 0 fully saturated rings. The zero-order valence-electron chi connectivity index (χ0n) is 23.7. The number of benzene rings is 4. The van der Waals surface area contributed by atoms with Gasteiger partial charge in [-0.15, -0.1) is 0 Å². The SMILES string of the molecule is CC(C)(C)[Si](C)(C)c1cc2ccccc2c(-c2c(O)c([Si](C)(C)C(C)(C)C)cc3ccccc23)c1O. The number of hydrogen-bond acceptors (Lipinski definition) is 2. The summed E-state index contributed by atoms with van der Waals surface area (Å²) in [4.78, 5) is 0. The molecule has 190 valence electrons. The molecule has 2 nitrogen and oxygen atoms in total. The second-order valence-corrected chi connectivity index (χ2v) is 24.1. The van der Waals surface area contributed by atoms with Crippen LogP contribution in [0.2, 0.25) is 36.3 Å². The van der Waals surface area contributed by atoms with E-state index in [4.69, 9.17) is 0 Å². The van der Waals surface area contributed by atoms with E-state index in [9.17, 15) is 10.2 Å². The Labute approximate surface area is 219 Å². The molecule has 0 aliphatic rings. The first-order chi connectivity index (χ1) is 16.5. The second-order valence-electron chi connectivity index (χ2n) is 13.5. The number of hydrogen-bond donors (Lipinski definition) is 2. The van der Waals surface area contributed by atoms with E-state index in [-0.39, 0.29) is 10.1 Å². The molecule has 0 amide bonds. The lowest BCUT2D eigenvalue weighted by Crippen LogP contribution is -2.50. The first-order valence-corrected chi connectivity index (χ1v) is 19.0. The highest BCUT2D eigenvalue weighted by molar-refractivity contribution is 6.93. The summed E-state index contributed by atoms with van der Waals surface area (Å²) in [7, 11) is -4.19. The molecule has 0 aliphatic heterocycles. The summed E-state index contributed by atoms with van der Waals surface area (Å²) in [6, 6.07) is 21.0. The van der Waals surface area contributed by atoms with E-state index in [2.05, 4.69) is 116 Å². The Bertz CT molecular complexity index is 1350. The normalized spacial score (nSPS) is 13.5. The standard InChI is InChI=1S/C32H42O2Si2/c1-31(2,3)35(7,8)25-19-21-15-11-13-17-23(21)27(29(25)33)28-24-18-14-12-16-22(24)20-26(30(28)34)36(9,10)32(4,5)6/h11-20,33-34H,1-10H3. The Morgan fingerprint density at radius 1 is 0.528 bits per heavy atom. The van der Waals surface area contributed by atoms with Crippen LogP contribution in [0.4, 0.5) is 0 Å². The number of aromatic hydroxyl groups is 2. The molecular weight excluding hydrogens is 473 g/mol. The summed E-state index contributed by atoms with van der Waals surface area (Å²) in [6.07, 6.45) is 0. The summed E-state index contributed by atoms with van der Waals surface area (Å²) in [5.74, 6) is 0.654. The fraction of sp³-hybridized carbons (Fsp3) is 0.375. The van der Waals surface area contributed by atoms with Crippen LogP contribution in [0.1, 0.15) is 41.5 Å². The largest absolute Gasteiger partial charge is 0.507 e. The minimum absolute atomic E-state index is 0.0529. The van der Waals surface area contributed by atoms with Gasteiger partial charge < -0.3 is 10.2 Å². The van der Waals surface area contributed by atoms with Gasteiger partial charge in [0.1, 0.15) is 11.5 Å². The third kappa shape index (κ3) is 3.99. The molecule has 0 saturated heterocycles. The average molecular weight is 515 g/mol. The van der Waals surface area contributed by atoms with Crippen LogP contribution in [0.15, 0.2) is 60.7 Å². The Morgan fingerprint density at radius 2 is 0.833 bits per heavy atom. The molecule has 0 saturated carbocycles. The van der Waals surface area contributed by atoms with E-state index in [0.717, 1.165) is 43.0 Å². The van der Waals surface area contributed by atoms with E-state index in [0.29, 0.717) is 11.5 Å². The van der Waals surface area contributed by atoms with Crippen LogP contribution >= 0.6 is 0 Å². The molecule has 0 aromatic heterocycles. The number of fused-ring (bicyclic) bond motifs is 2. The van der Waals surface area contributed by atoms with Crippen LogP contribution in [-0.2, 0) is 0 Å². The van der Waals surface area contributed by atoms with Gasteiger partial charge >= 0.3 is 0 Å². The molecule has 0 spiro atoms. The van der Waals surface area contributed by atoms with Gasteiger partial charge in [0.15, 0.2) is 0 Å². The molecule has 0 atom stereocenters. The molecule has 4 aromatic carbocycles. The maximum absolute atomic E-state index is 12.1. The zero-order valence-corrected chi connectivity index (χ0v) is 25.7. The monoisotopic (exact) mass is 514 g/mol. The molecule has 0 heterocycles. The van der Waals surface area contributed by atoms with Gasteiger partial charge in [-0.05, 0) is 42.0 Å². The number of rotatable bonds is 3. The maximum Gasteiger partial charge on any atom is 0.123 e. The predicted octanol–water partition coefficient (Wildman–Crippen LogP) is 8.50. The molecule has 4 rings (SSSR count). The van der Waals surface area contributed by atoms with E-state index in [1.54, 1.807) is 0 Å². The summed E-state index contributed by atoms with van der Waals surface area (Å²) < 4.78 is 0. The Morgan fingerprint density at radius 3 is 1.14 bits per heavy atom. The van der Waals surface area contributed by atoms with Crippen molar-refractivity contribution in [3.63, 3.8) is 0 Å². The molecule has 0 bridgehead atoms. The van der Waals surface area contributed by atoms with Gasteiger partial charge in [0.25, 0.3) is 0 Å². The van der Waals surface area contributed by atoms with Crippen molar-refractivity contribution in [2.24, 2.45) is 0 Å². The van der Waals surface area contributed by atoms with Gasteiger partial charge in [0.2, 0.25) is 0 Å². The van der Waals surface area contributed by atoms with Crippen LogP contribution in [0, 0.1) is 0 Å². The Kier molecular flexibility index (Phi) is 6.25. The highest BCUT2D eigenvalue weighted by Gasteiger charge is 2.42. The smallest absolute Gasteiger partial charge is 0.123 e. The van der Waals surface area contributed by atoms with Crippen molar-refractivity contribution in [3.8, 4) is 22.6 Å². The zero-order chi connectivity index (χ0) is 26.8. The molecule has 4 heteroatoms. The van der Waals surface area contributed by atoms with E-state index < -0.39 is 16.1 Å².